The van der Waals surface area contributed by atoms with Gasteiger partial charge in [0.25, 0.3) is 0 Å². The quantitative estimate of drug-likeness (QED) is 0.504. The first-order valence-electron chi connectivity index (χ1n) is 2.14. The monoisotopic (exact) mass is 133 g/mol. The highest BCUT2D eigenvalue weighted by atomic mass is 16.4. The molecule has 0 spiro atoms. The average Bonchev–Trinajstić information content (AvgIpc) is 1.63. The number of carbonyl (C=O) groups excluding carboxylic acids is 1. The molecule has 0 aliphatic heterocycles. The van der Waals surface area contributed by atoms with Crippen LogP contribution in [0.2, 0.25) is 0 Å². The van der Waals surface area contributed by atoms with Crippen LogP contribution in [0.5, 0.6) is 0 Å². The van der Waals surface area contributed by atoms with Gasteiger partial charge in [0.05, 0.1) is 6.42 Å². The molecule has 0 aromatic carbocycles. The fourth-order valence-electron chi connectivity index (χ4n) is 0.245. The molecule has 1 radical (unpaired) electrons. The van der Waals surface area contributed by atoms with Gasteiger partial charge in [0.15, 0.2) is 6.10 Å². The summed E-state index contributed by atoms with van der Waals surface area (Å²) in [5.41, 5.74) is 0. The van der Waals surface area contributed by atoms with Gasteiger partial charge in [-0.2, -0.15) is 0 Å². The van der Waals surface area contributed by atoms with E-state index in [0.29, 0.717) is 0 Å². The van der Waals surface area contributed by atoms with Crippen molar-refractivity contribution in [2.75, 3.05) is 0 Å². The first kappa shape index (κ1) is 7.90. The van der Waals surface area contributed by atoms with Crippen LogP contribution in [0.25, 0.3) is 0 Å². The number of carbonyl (C=O) groups is 2. The van der Waals surface area contributed by atoms with E-state index in [1.54, 1.807) is 0 Å². The molecule has 5 heteroatoms. The normalized spacial score (nSPS) is 12.6. The van der Waals surface area contributed by atoms with Crippen molar-refractivity contribution in [2.24, 2.45) is 0 Å². The number of carboxylic acids is 1. The Morgan fingerprint density at radius 2 is 1.89 bits per heavy atom. The number of hydrogen-bond donors (Lipinski definition) is 2. The third kappa shape index (κ3) is 3.48. The van der Waals surface area contributed by atoms with Gasteiger partial charge in [-0.3, -0.25) is 0 Å². The van der Waals surface area contributed by atoms with Gasteiger partial charge in [-0.05, 0) is 0 Å². The molecule has 0 rings (SSSR count). The van der Waals surface area contributed by atoms with Crippen molar-refractivity contribution in [3.05, 3.63) is 0 Å². The zero-order valence-electron chi connectivity index (χ0n) is 4.40. The van der Waals surface area contributed by atoms with Crippen LogP contribution in [0.4, 0.5) is 0 Å². The summed E-state index contributed by atoms with van der Waals surface area (Å²) in [5.74, 6) is -3.14. The minimum Gasteiger partial charge on any atom is -0.479 e. The second-order valence-electron chi connectivity index (χ2n) is 1.43. The van der Waals surface area contributed by atoms with Crippen molar-refractivity contribution in [1.82, 2.24) is 0 Å². The van der Waals surface area contributed by atoms with Crippen molar-refractivity contribution in [1.29, 1.82) is 0 Å². The molecule has 0 heterocycles. The lowest BCUT2D eigenvalue weighted by molar-refractivity contribution is -0.155. The Morgan fingerprint density at radius 1 is 1.44 bits per heavy atom. The maximum absolute atomic E-state index is 9.69. The number of aliphatic hydroxyl groups excluding tert-OH is 1. The Labute approximate surface area is 50.5 Å². The fraction of sp³-hybridized carbons (Fsp3) is 0.500. The molecule has 0 saturated carbocycles. The summed E-state index contributed by atoms with van der Waals surface area (Å²) in [6.07, 6.45) is -2.72. The molecule has 51 valence electrons. The van der Waals surface area contributed by atoms with Crippen LogP contribution in [0.3, 0.4) is 0 Å². The summed E-state index contributed by atoms with van der Waals surface area (Å²) in [5, 5.41) is 25.7. The zero-order chi connectivity index (χ0) is 7.44. The van der Waals surface area contributed by atoms with Crippen LogP contribution in [0, 0.1) is 0 Å². The Hall–Kier alpha value is -1.10. The first-order chi connectivity index (χ1) is 4.04. The standard InChI is InChI=1S/C4H5O5/c5-2(4(8)9)1-3(6)7/h2,5H,1H2,(H,8,9). The van der Waals surface area contributed by atoms with Crippen LogP contribution in [0.1, 0.15) is 6.42 Å². The molecular formula is C4H5O5. The zero-order valence-corrected chi connectivity index (χ0v) is 4.40. The smallest absolute Gasteiger partial charge is 0.358 e. The second kappa shape index (κ2) is 3.03. The van der Waals surface area contributed by atoms with Gasteiger partial charge in [-0.1, -0.05) is 0 Å². The van der Waals surface area contributed by atoms with Crippen molar-refractivity contribution >= 4 is 11.9 Å². The van der Waals surface area contributed by atoms with E-state index in [-0.39, 0.29) is 0 Å². The summed E-state index contributed by atoms with van der Waals surface area (Å²) in [4.78, 5) is 19.3. The third-order valence-electron chi connectivity index (χ3n) is 0.645. The molecule has 0 aliphatic carbocycles. The fourth-order valence-corrected chi connectivity index (χ4v) is 0.245. The molecule has 9 heavy (non-hydrogen) atoms. The highest BCUT2D eigenvalue weighted by Gasteiger charge is 2.17. The second-order valence-corrected chi connectivity index (χ2v) is 1.43. The third-order valence-corrected chi connectivity index (χ3v) is 0.645. The number of aliphatic hydroxyl groups is 1. The molecule has 0 aliphatic rings. The molecule has 0 bridgehead atoms. The van der Waals surface area contributed by atoms with Crippen LogP contribution in [-0.2, 0) is 14.7 Å². The summed E-state index contributed by atoms with van der Waals surface area (Å²) >= 11 is 0. The molecule has 0 aromatic heterocycles. The molecule has 0 fully saturated rings. The summed E-state index contributed by atoms with van der Waals surface area (Å²) in [7, 11) is 0. The van der Waals surface area contributed by atoms with Crippen LogP contribution >= 0.6 is 0 Å². The molecular weight excluding hydrogens is 128 g/mol. The van der Waals surface area contributed by atoms with Crippen molar-refractivity contribution in [3.8, 4) is 0 Å². The molecule has 1 atom stereocenters. The van der Waals surface area contributed by atoms with Crippen LogP contribution < -0.4 is 0 Å². The van der Waals surface area contributed by atoms with Gasteiger partial charge in [0, 0.05) is 0 Å². The lowest BCUT2D eigenvalue weighted by Gasteiger charge is -1.96. The van der Waals surface area contributed by atoms with E-state index in [2.05, 4.69) is 0 Å². The van der Waals surface area contributed by atoms with Gasteiger partial charge in [-0.25, -0.2) is 14.7 Å². The molecule has 2 N–H and O–H groups in total. The van der Waals surface area contributed by atoms with E-state index < -0.39 is 24.5 Å². The molecule has 0 amide bonds. The minimum atomic E-state index is -1.85. The van der Waals surface area contributed by atoms with Crippen LogP contribution in [0.15, 0.2) is 0 Å². The van der Waals surface area contributed by atoms with Gasteiger partial charge >= 0.3 is 11.9 Å². The Morgan fingerprint density at radius 3 is 2.00 bits per heavy atom. The lowest BCUT2D eigenvalue weighted by Crippen LogP contribution is -2.22. The van der Waals surface area contributed by atoms with Crippen molar-refractivity contribution in [3.63, 3.8) is 0 Å². The highest BCUT2D eigenvalue weighted by molar-refractivity contribution is 5.79. The van der Waals surface area contributed by atoms with E-state index in [1.165, 1.54) is 0 Å². The van der Waals surface area contributed by atoms with E-state index in [4.69, 9.17) is 10.2 Å². The summed E-state index contributed by atoms with van der Waals surface area (Å²) in [6, 6.07) is 0. The Bertz CT molecular complexity index is 129. The Balaban J connectivity index is 3.63. The number of hydrogen-bond acceptors (Lipinski definition) is 3. The van der Waals surface area contributed by atoms with Gasteiger partial charge in [-0.15, -0.1) is 0 Å². The Kier molecular flexibility index (Phi) is 2.66. The molecule has 0 aromatic rings. The predicted molar refractivity (Wildman–Crippen MR) is 24.0 cm³/mol. The first-order valence-corrected chi connectivity index (χ1v) is 2.14. The van der Waals surface area contributed by atoms with Gasteiger partial charge < -0.3 is 10.2 Å². The van der Waals surface area contributed by atoms with Crippen molar-refractivity contribution in [2.45, 2.75) is 12.5 Å². The van der Waals surface area contributed by atoms with E-state index in [1.807, 2.05) is 0 Å². The number of carboxylic acid groups (broad SMARTS) is 1. The summed E-state index contributed by atoms with van der Waals surface area (Å²) in [6.45, 7) is 0. The van der Waals surface area contributed by atoms with Crippen molar-refractivity contribution < 1.29 is 24.9 Å². The predicted octanol–water partition coefficient (Wildman–Crippen LogP) is -1.22. The van der Waals surface area contributed by atoms with E-state index >= 15 is 0 Å². The van der Waals surface area contributed by atoms with Gasteiger partial charge in [0.1, 0.15) is 0 Å². The van der Waals surface area contributed by atoms with Gasteiger partial charge in [0.2, 0.25) is 0 Å². The summed E-state index contributed by atoms with van der Waals surface area (Å²) < 4.78 is 0. The number of rotatable bonds is 3. The SMILES string of the molecule is [O]C(=O)CC(O)C(=O)O. The van der Waals surface area contributed by atoms with Crippen LogP contribution in [-0.4, -0.2) is 28.3 Å². The molecule has 1 unspecified atom stereocenters. The number of aliphatic carboxylic acids is 1. The maximum Gasteiger partial charge on any atom is 0.358 e. The molecule has 0 saturated heterocycles. The topological polar surface area (TPSA) is 94.5 Å². The minimum absolute atomic E-state index is 0.866. The lowest BCUT2D eigenvalue weighted by atomic mass is 10.3. The largest absolute Gasteiger partial charge is 0.479 e. The highest BCUT2D eigenvalue weighted by Crippen LogP contribution is 1.90. The van der Waals surface area contributed by atoms with E-state index in [9.17, 15) is 14.7 Å². The average molecular weight is 133 g/mol. The van der Waals surface area contributed by atoms with E-state index in [0.717, 1.165) is 0 Å². The molecule has 5 nitrogen and oxygen atoms in total. The maximum atomic E-state index is 9.69.